The molecule has 1 aromatic heterocycles. The van der Waals surface area contributed by atoms with Gasteiger partial charge in [0, 0.05) is 31.2 Å². The number of pyridine rings is 1. The van der Waals surface area contributed by atoms with Crippen LogP contribution in [-0.4, -0.2) is 55.3 Å². The van der Waals surface area contributed by atoms with E-state index in [0.29, 0.717) is 34.0 Å². The first-order chi connectivity index (χ1) is 14.6. The third kappa shape index (κ3) is 4.84. The number of esters is 1. The summed E-state index contributed by atoms with van der Waals surface area (Å²) in [5.41, 5.74) is 0.622. The SMILES string of the molecule is O=C(Oc1ccccc1OCCN1CCOCC1)c1c(Cl)ccc2cc(Cl)cnc12. The van der Waals surface area contributed by atoms with Crippen LogP contribution in [0.4, 0.5) is 0 Å². The summed E-state index contributed by atoms with van der Waals surface area (Å²) in [6.07, 6.45) is 1.47. The van der Waals surface area contributed by atoms with Crippen molar-refractivity contribution in [2.75, 3.05) is 39.5 Å². The monoisotopic (exact) mass is 446 g/mol. The Hall–Kier alpha value is -2.38. The number of aromatic nitrogens is 1. The van der Waals surface area contributed by atoms with Crippen molar-refractivity contribution < 1.29 is 19.0 Å². The lowest BCUT2D eigenvalue weighted by atomic mass is 10.1. The van der Waals surface area contributed by atoms with Crippen LogP contribution < -0.4 is 9.47 Å². The minimum Gasteiger partial charge on any atom is -0.488 e. The van der Waals surface area contributed by atoms with Crippen LogP contribution >= 0.6 is 23.2 Å². The first kappa shape index (κ1) is 20.9. The zero-order valence-corrected chi connectivity index (χ0v) is 17.7. The summed E-state index contributed by atoms with van der Waals surface area (Å²) >= 11 is 12.3. The van der Waals surface area contributed by atoms with Crippen LogP contribution in [-0.2, 0) is 4.74 Å². The van der Waals surface area contributed by atoms with E-state index in [1.54, 1.807) is 36.4 Å². The molecule has 2 heterocycles. The van der Waals surface area contributed by atoms with E-state index in [-0.39, 0.29) is 10.6 Å². The van der Waals surface area contributed by atoms with Crippen LogP contribution in [0.5, 0.6) is 11.5 Å². The zero-order valence-electron chi connectivity index (χ0n) is 16.1. The van der Waals surface area contributed by atoms with Crippen molar-refractivity contribution in [1.82, 2.24) is 9.88 Å². The number of hydrogen-bond donors (Lipinski definition) is 0. The molecular weight excluding hydrogens is 427 g/mol. The van der Waals surface area contributed by atoms with Crippen molar-refractivity contribution in [3.8, 4) is 11.5 Å². The zero-order chi connectivity index (χ0) is 20.9. The Morgan fingerprint density at radius 3 is 2.67 bits per heavy atom. The Balaban J connectivity index is 1.50. The van der Waals surface area contributed by atoms with Gasteiger partial charge in [0.15, 0.2) is 11.5 Å². The van der Waals surface area contributed by atoms with Gasteiger partial charge in [-0.2, -0.15) is 0 Å². The largest absolute Gasteiger partial charge is 0.488 e. The molecule has 0 unspecified atom stereocenters. The van der Waals surface area contributed by atoms with Crippen LogP contribution in [0.1, 0.15) is 10.4 Å². The maximum absolute atomic E-state index is 12.9. The summed E-state index contributed by atoms with van der Waals surface area (Å²) in [5.74, 6) is 0.211. The Morgan fingerprint density at radius 1 is 1.10 bits per heavy atom. The van der Waals surface area contributed by atoms with Gasteiger partial charge in [-0.05, 0) is 24.3 Å². The molecule has 0 spiro atoms. The molecule has 0 N–H and O–H groups in total. The molecule has 0 radical (unpaired) electrons. The van der Waals surface area contributed by atoms with E-state index in [9.17, 15) is 4.79 Å². The van der Waals surface area contributed by atoms with E-state index in [2.05, 4.69) is 9.88 Å². The van der Waals surface area contributed by atoms with Crippen molar-refractivity contribution in [3.63, 3.8) is 0 Å². The average Bonchev–Trinajstić information content (AvgIpc) is 2.75. The van der Waals surface area contributed by atoms with Gasteiger partial charge in [-0.25, -0.2) is 4.79 Å². The van der Waals surface area contributed by atoms with Crippen LogP contribution in [0.25, 0.3) is 10.9 Å². The third-order valence-electron chi connectivity index (χ3n) is 4.79. The smallest absolute Gasteiger partial charge is 0.347 e. The lowest BCUT2D eigenvalue weighted by Crippen LogP contribution is -2.38. The van der Waals surface area contributed by atoms with Gasteiger partial charge in [-0.15, -0.1) is 0 Å². The first-order valence-corrected chi connectivity index (χ1v) is 10.4. The van der Waals surface area contributed by atoms with Gasteiger partial charge < -0.3 is 14.2 Å². The van der Waals surface area contributed by atoms with Crippen LogP contribution in [0.3, 0.4) is 0 Å². The van der Waals surface area contributed by atoms with Crippen molar-refractivity contribution in [2.45, 2.75) is 0 Å². The highest BCUT2D eigenvalue weighted by atomic mass is 35.5. The molecule has 0 aliphatic carbocycles. The lowest BCUT2D eigenvalue weighted by Gasteiger charge is -2.26. The molecule has 1 aliphatic rings. The van der Waals surface area contributed by atoms with E-state index < -0.39 is 5.97 Å². The number of rotatable bonds is 6. The molecule has 8 heteroatoms. The standard InChI is InChI=1S/C22H20Cl2N2O4/c23-16-13-15-5-6-17(24)20(21(15)25-14-16)22(27)30-19-4-2-1-3-18(19)29-12-9-26-7-10-28-11-8-26/h1-6,13-14H,7-12H2. The van der Waals surface area contributed by atoms with E-state index in [4.69, 9.17) is 37.4 Å². The highest BCUT2D eigenvalue weighted by molar-refractivity contribution is 6.35. The second-order valence-corrected chi connectivity index (χ2v) is 7.63. The predicted octanol–water partition coefficient (Wildman–Crippen LogP) is 4.47. The minimum atomic E-state index is -0.607. The van der Waals surface area contributed by atoms with Crippen molar-refractivity contribution in [2.24, 2.45) is 0 Å². The molecule has 4 rings (SSSR count). The molecule has 1 aliphatic heterocycles. The second-order valence-electron chi connectivity index (χ2n) is 6.79. The number of benzene rings is 2. The molecule has 0 atom stereocenters. The maximum atomic E-state index is 12.9. The number of carbonyl (C=O) groups is 1. The summed E-state index contributed by atoms with van der Waals surface area (Å²) in [6, 6.07) is 12.2. The summed E-state index contributed by atoms with van der Waals surface area (Å²) in [6.45, 7) is 4.49. The Kier molecular flexibility index (Phi) is 6.69. The van der Waals surface area contributed by atoms with Crippen LogP contribution in [0.15, 0.2) is 48.7 Å². The number of fused-ring (bicyclic) bond motifs is 1. The predicted molar refractivity (Wildman–Crippen MR) is 116 cm³/mol. The topological polar surface area (TPSA) is 60.9 Å². The lowest BCUT2D eigenvalue weighted by molar-refractivity contribution is 0.0320. The number of hydrogen-bond acceptors (Lipinski definition) is 6. The first-order valence-electron chi connectivity index (χ1n) is 9.60. The molecule has 1 saturated heterocycles. The second kappa shape index (κ2) is 9.62. The van der Waals surface area contributed by atoms with Crippen molar-refractivity contribution in [3.05, 3.63) is 64.3 Å². The molecule has 3 aromatic rings. The summed E-state index contributed by atoms with van der Waals surface area (Å²) in [7, 11) is 0. The van der Waals surface area contributed by atoms with Crippen molar-refractivity contribution >= 4 is 40.1 Å². The minimum absolute atomic E-state index is 0.189. The summed E-state index contributed by atoms with van der Waals surface area (Å²) in [4.78, 5) is 19.5. The molecule has 156 valence electrons. The maximum Gasteiger partial charge on any atom is 0.347 e. The Morgan fingerprint density at radius 2 is 1.87 bits per heavy atom. The number of ether oxygens (including phenoxy) is 3. The highest BCUT2D eigenvalue weighted by Crippen LogP contribution is 2.31. The fraction of sp³-hybridized carbons (Fsp3) is 0.273. The molecule has 30 heavy (non-hydrogen) atoms. The van der Waals surface area contributed by atoms with Gasteiger partial charge in [0.25, 0.3) is 0 Å². The fourth-order valence-corrected chi connectivity index (χ4v) is 3.65. The summed E-state index contributed by atoms with van der Waals surface area (Å²) < 4.78 is 16.9. The molecule has 0 saturated carbocycles. The van der Waals surface area contributed by atoms with Gasteiger partial charge in [0.05, 0.1) is 28.8 Å². The van der Waals surface area contributed by atoms with E-state index >= 15 is 0 Å². The number of morpholine rings is 1. The fourth-order valence-electron chi connectivity index (χ4n) is 3.26. The third-order valence-corrected chi connectivity index (χ3v) is 5.32. The molecule has 2 aromatic carbocycles. The molecule has 6 nitrogen and oxygen atoms in total. The van der Waals surface area contributed by atoms with Crippen LogP contribution in [0.2, 0.25) is 10.0 Å². The number of carbonyl (C=O) groups excluding carboxylic acids is 1. The quantitative estimate of drug-likeness (QED) is 0.411. The van der Waals surface area contributed by atoms with Gasteiger partial charge >= 0.3 is 5.97 Å². The Bertz CT molecular complexity index is 1050. The number of halogens is 2. The Labute approximate surface area is 184 Å². The normalized spacial score (nSPS) is 14.6. The summed E-state index contributed by atoms with van der Waals surface area (Å²) in [5, 5.41) is 1.44. The van der Waals surface area contributed by atoms with E-state index in [0.717, 1.165) is 32.8 Å². The van der Waals surface area contributed by atoms with Gasteiger partial charge in [0.2, 0.25) is 0 Å². The number of para-hydroxylation sites is 2. The van der Waals surface area contributed by atoms with Crippen molar-refractivity contribution in [1.29, 1.82) is 0 Å². The molecular formula is C22H20Cl2N2O4. The number of nitrogens with zero attached hydrogens (tertiary/aromatic N) is 2. The molecule has 0 bridgehead atoms. The van der Waals surface area contributed by atoms with E-state index in [1.807, 2.05) is 6.07 Å². The molecule has 1 fully saturated rings. The average molecular weight is 447 g/mol. The van der Waals surface area contributed by atoms with Gasteiger partial charge in [-0.3, -0.25) is 9.88 Å². The highest BCUT2D eigenvalue weighted by Gasteiger charge is 2.20. The van der Waals surface area contributed by atoms with Crippen LogP contribution in [0, 0.1) is 0 Å². The molecule has 0 amide bonds. The van der Waals surface area contributed by atoms with E-state index in [1.165, 1.54) is 6.20 Å². The van der Waals surface area contributed by atoms with Gasteiger partial charge in [-0.1, -0.05) is 41.4 Å². The van der Waals surface area contributed by atoms with Gasteiger partial charge in [0.1, 0.15) is 12.2 Å².